The van der Waals surface area contributed by atoms with Gasteiger partial charge in [-0.1, -0.05) is 13.8 Å². The summed E-state index contributed by atoms with van der Waals surface area (Å²) in [5, 5.41) is 3.48. The zero-order valence-corrected chi connectivity index (χ0v) is 27.8. The van der Waals surface area contributed by atoms with Crippen molar-refractivity contribution in [2.45, 2.75) is 64.9 Å². The number of carbonyl (C=O) groups is 1. The normalized spacial score (nSPS) is 22.2. The first-order valence-corrected chi connectivity index (χ1v) is 16.0. The average Bonchev–Trinajstić information content (AvgIpc) is 3.81. The highest BCUT2D eigenvalue weighted by Crippen LogP contribution is 2.34. The van der Waals surface area contributed by atoms with Crippen LogP contribution in [-0.4, -0.2) is 81.5 Å². The molecular weight excluding hydrogens is 604 g/mol. The second kappa shape index (κ2) is 12.6. The van der Waals surface area contributed by atoms with Crippen molar-refractivity contribution in [2.75, 3.05) is 26.2 Å². The first-order chi connectivity index (χ1) is 21.7. The third-order valence-electron chi connectivity index (χ3n) is 9.28. The molecule has 1 amide bonds. The number of carbonyl (C=O) groups excluding carboxylic acids is 1. The van der Waals surface area contributed by atoms with Gasteiger partial charge < -0.3 is 24.9 Å². The summed E-state index contributed by atoms with van der Waals surface area (Å²) in [5.74, 6) is 3.85. The van der Waals surface area contributed by atoms with E-state index in [-0.39, 0.29) is 24.4 Å². The zero-order valence-electron chi connectivity index (χ0n) is 27.0. The van der Waals surface area contributed by atoms with E-state index in [0.29, 0.717) is 24.3 Å². The Hall–Kier alpha value is -4.16. The molecule has 0 spiro atoms. The number of rotatable bonds is 2. The Morgan fingerprint density at radius 3 is 1.93 bits per heavy atom. The van der Waals surface area contributed by atoms with Gasteiger partial charge in [0.25, 0.3) is 0 Å². The first kappa shape index (κ1) is 31.8. The predicted octanol–water partition coefficient (Wildman–Crippen LogP) is 5.92. The Morgan fingerprint density at radius 2 is 1.37 bits per heavy atom. The van der Waals surface area contributed by atoms with Crippen molar-refractivity contribution in [1.82, 2.24) is 48.9 Å². The molecule has 0 aliphatic carbocycles. The number of nitrogens with one attached hydrogen (secondary N) is 3. The first-order valence-electron chi connectivity index (χ1n) is 16.0. The maximum absolute atomic E-state index is 12.5. The number of ether oxygens (including phenoxy) is 1. The fraction of sp³-hybridized carbons (Fsp3) is 0.485. The minimum Gasteiger partial charge on any atom is -0.444 e. The highest BCUT2D eigenvalue weighted by molar-refractivity contribution is 5.85. The number of hydrogen-bond acceptors (Lipinski definition) is 7. The summed E-state index contributed by atoms with van der Waals surface area (Å²) >= 11 is 0. The van der Waals surface area contributed by atoms with Gasteiger partial charge in [-0.25, -0.2) is 24.7 Å². The van der Waals surface area contributed by atoms with Crippen LogP contribution < -0.4 is 5.32 Å². The minimum atomic E-state index is -0.487. The number of nitrogens with zero attached hydrogens (tertiary/aromatic N) is 7. The number of H-pyrrole nitrogens is 2. The Kier molecular flexibility index (Phi) is 8.68. The van der Waals surface area contributed by atoms with Gasteiger partial charge >= 0.3 is 6.09 Å². The molecule has 3 N–H and O–H groups in total. The van der Waals surface area contributed by atoms with Gasteiger partial charge in [0.2, 0.25) is 0 Å². The van der Waals surface area contributed by atoms with Crippen LogP contribution in [0.25, 0.3) is 33.4 Å². The third kappa shape index (κ3) is 5.91. The largest absolute Gasteiger partial charge is 0.444 e. The summed E-state index contributed by atoms with van der Waals surface area (Å²) in [5.41, 5.74) is 5.43. The predicted molar refractivity (Wildman–Crippen MR) is 181 cm³/mol. The molecule has 244 valence electrons. The number of likely N-dealkylation sites (tertiary alicyclic amines) is 1. The van der Waals surface area contributed by atoms with E-state index < -0.39 is 5.60 Å². The van der Waals surface area contributed by atoms with Crippen LogP contribution in [0.5, 0.6) is 0 Å². The molecule has 46 heavy (non-hydrogen) atoms. The van der Waals surface area contributed by atoms with Crippen LogP contribution in [0, 0.1) is 11.8 Å². The number of aromatic nitrogens is 8. The Balaban J connectivity index is 0.000000165. The second-order valence-corrected chi connectivity index (χ2v) is 13.6. The molecule has 2 fully saturated rings. The average molecular weight is 647 g/mol. The quantitative estimate of drug-likeness (QED) is 0.213. The maximum atomic E-state index is 12.5. The second-order valence-electron chi connectivity index (χ2n) is 13.6. The molecule has 2 aliphatic rings. The fourth-order valence-electron chi connectivity index (χ4n) is 6.76. The highest BCUT2D eigenvalue weighted by Gasteiger charge is 2.35. The summed E-state index contributed by atoms with van der Waals surface area (Å²) < 4.78 is 9.96. The van der Waals surface area contributed by atoms with Crippen molar-refractivity contribution in [3.05, 3.63) is 61.0 Å². The number of hydrogen-bond donors (Lipinski definition) is 3. The molecule has 0 aromatic carbocycles. The lowest BCUT2D eigenvalue weighted by Crippen LogP contribution is -2.44. The Labute approximate surface area is 273 Å². The monoisotopic (exact) mass is 646 g/mol. The molecule has 4 unspecified atom stereocenters. The summed E-state index contributed by atoms with van der Waals surface area (Å²) in [6, 6.07) is 4.08. The lowest BCUT2D eigenvalue weighted by atomic mass is 9.86. The van der Waals surface area contributed by atoms with Gasteiger partial charge in [-0.15, -0.1) is 12.4 Å². The molecule has 8 heterocycles. The van der Waals surface area contributed by atoms with Crippen molar-refractivity contribution in [3.63, 3.8) is 0 Å². The lowest BCUT2D eigenvalue weighted by Gasteiger charge is -2.37. The van der Waals surface area contributed by atoms with E-state index in [4.69, 9.17) is 9.72 Å². The van der Waals surface area contributed by atoms with E-state index in [0.717, 1.165) is 71.1 Å². The third-order valence-corrected chi connectivity index (χ3v) is 9.28. The molecule has 13 heteroatoms. The smallest absolute Gasteiger partial charge is 0.410 e. The van der Waals surface area contributed by atoms with Gasteiger partial charge in [0.05, 0.1) is 46.9 Å². The van der Waals surface area contributed by atoms with E-state index in [1.807, 2.05) is 68.9 Å². The number of halogens is 1. The lowest BCUT2D eigenvalue weighted by molar-refractivity contribution is 0.0160. The van der Waals surface area contributed by atoms with Gasteiger partial charge in [-0.2, -0.15) is 0 Å². The van der Waals surface area contributed by atoms with Crippen LogP contribution in [0.1, 0.15) is 70.9 Å². The number of imidazole rings is 2. The topological polar surface area (TPSA) is 134 Å². The van der Waals surface area contributed by atoms with Gasteiger partial charge in [0, 0.05) is 43.9 Å². The van der Waals surface area contributed by atoms with E-state index in [2.05, 4.69) is 59.0 Å². The van der Waals surface area contributed by atoms with Crippen molar-refractivity contribution >= 4 is 51.9 Å². The van der Waals surface area contributed by atoms with Crippen molar-refractivity contribution in [3.8, 4) is 0 Å². The SMILES string of the molecule is CC1CCN(C(=O)OC(C)(C)C)CC1c1ncc2cnc3[nH]ccc3n12.CC1CCNCC1c1ncc2cnc3[nH]ccc3n12.Cl. The standard InChI is InChI=1S/C19H25N5O2.C14H17N5.ClH/c1-12-6-8-23(18(25)26-19(2,3)4)11-14(12)17-22-10-13-9-21-16-15(24(13)17)5-7-20-16;1-9-2-4-15-8-11(9)14-18-7-10-6-17-13-12(19(10)14)3-5-16-13;/h5,7,9-10,12,14,20H,6,8,11H2,1-4H3;3,5-7,9,11,15-16H,2,4,8H2,1H3;1H. The molecule has 6 aromatic heterocycles. The summed E-state index contributed by atoms with van der Waals surface area (Å²) in [4.78, 5) is 38.9. The number of fused-ring (bicyclic) bond motifs is 6. The van der Waals surface area contributed by atoms with Gasteiger partial charge in [-0.05, 0) is 64.1 Å². The summed E-state index contributed by atoms with van der Waals surface area (Å²) in [6.45, 7) is 13.7. The van der Waals surface area contributed by atoms with Crippen LogP contribution in [0.3, 0.4) is 0 Å². The van der Waals surface area contributed by atoms with E-state index in [9.17, 15) is 4.79 Å². The molecule has 0 saturated carbocycles. The van der Waals surface area contributed by atoms with Crippen LogP contribution in [0.4, 0.5) is 4.79 Å². The molecule has 0 bridgehead atoms. The number of piperidine rings is 2. The van der Waals surface area contributed by atoms with Gasteiger partial charge in [0.15, 0.2) is 11.3 Å². The van der Waals surface area contributed by atoms with Gasteiger partial charge in [0.1, 0.15) is 17.2 Å². The van der Waals surface area contributed by atoms with Crippen molar-refractivity contribution in [2.24, 2.45) is 11.8 Å². The molecule has 0 radical (unpaired) electrons. The van der Waals surface area contributed by atoms with Crippen LogP contribution in [0.2, 0.25) is 0 Å². The van der Waals surface area contributed by atoms with Gasteiger partial charge in [-0.3, -0.25) is 8.80 Å². The van der Waals surface area contributed by atoms with Crippen molar-refractivity contribution < 1.29 is 9.53 Å². The van der Waals surface area contributed by atoms with E-state index in [1.165, 1.54) is 6.42 Å². The summed E-state index contributed by atoms with van der Waals surface area (Å²) in [6.07, 6.45) is 13.2. The molecule has 8 rings (SSSR count). The molecule has 2 saturated heterocycles. The highest BCUT2D eigenvalue weighted by atomic mass is 35.5. The number of amides is 1. The van der Waals surface area contributed by atoms with E-state index >= 15 is 0 Å². The molecule has 4 atom stereocenters. The zero-order chi connectivity index (χ0) is 31.3. The Bertz CT molecular complexity index is 1970. The summed E-state index contributed by atoms with van der Waals surface area (Å²) in [7, 11) is 0. The molecule has 12 nitrogen and oxygen atoms in total. The maximum Gasteiger partial charge on any atom is 0.410 e. The van der Waals surface area contributed by atoms with Crippen LogP contribution in [-0.2, 0) is 4.74 Å². The van der Waals surface area contributed by atoms with Crippen LogP contribution in [0.15, 0.2) is 49.3 Å². The number of aromatic amines is 2. The fourth-order valence-corrected chi connectivity index (χ4v) is 6.76. The van der Waals surface area contributed by atoms with Crippen molar-refractivity contribution in [1.29, 1.82) is 0 Å². The van der Waals surface area contributed by atoms with E-state index in [1.54, 1.807) is 0 Å². The molecular formula is C33H43ClN10O2. The molecule has 2 aliphatic heterocycles. The van der Waals surface area contributed by atoms with Crippen LogP contribution >= 0.6 is 12.4 Å². The minimum absolute atomic E-state index is 0. The Morgan fingerprint density at radius 1 is 0.826 bits per heavy atom. The molecule has 6 aromatic rings.